The summed E-state index contributed by atoms with van der Waals surface area (Å²) in [5, 5.41) is 23.2. The number of nitro benzene ring substituents is 1. The van der Waals surface area contributed by atoms with Crippen molar-refractivity contribution in [2.24, 2.45) is 0 Å². The van der Waals surface area contributed by atoms with Gasteiger partial charge in [-0.15, -0.1) is 0 Å². The van der Waals surface area contributed by atoms with Gasteiger partial charge in [0.25, 0.3) is 5.69 Å². The Hall–Kier alpha value is -3.91. The Labute approximate surface area is 184 Å². The van der Waals surface area contributed by atoms with Crippen molar-refractivity contribution in [2.75, 3.05) is 19.8 Å². The molecule has 8 nitrogen and oxygen atoms in total. The molecule has 3 aromatic carbocycles. The zero-order valence-corrected chi connectivity index (χ0v) is 17.1. The lowest BCUT2D eigenvalue weighted by atomic mass is 9.98. The molecular weight excluding hydrogens is 412 g/mol. The molecule has 3 aromatic rings. The van der Waals surface area contributed by atoms with Crippen LogP contribution in [-0.2, 0) is 4.74 Å². The highest BCUT2D eigenvalue weighted by atomic mass is 16.6. The number of nitro groups is 1. The van der Waals surface area contributed by atoms with Crippen LogP contribution in [0, 0.1) is 10.1 Å². The number of alkyl carbamates (subject to hydrolysis) is 1. The number of ether oxygens (including phenoxy) is 2. The number of aliphatic hydroxyl groups is 1. The van der Waals surface area contributed by atoms with Gasteiger partial charge < -0.3 is 19.9 Å². The van der Waals surface area contributed by atoms with Gasteiger partial charge in [-0.25, -0.2) is 4.79 Å². The number of fused-ring (bicyclic) bond motifs is 3. The lowest BCUT2D eigenvalue weighted by Crippen LogP contribution is -2.36. The molecule has 0 radical (unpaired) electrons. The van der Waals surface area contributed by atoms with E-state index in [0.29, 0.717) is 5.75 Å². The Kier molecular flexibility index (Phi) is 6.32. The van der Waals surface area contributed by atoms with Crippen LogP contribution >= 0.6 is 0 Å². The van der Waals surface area contributed by atoms with Crippen molar-refractivity contribution in [1.29, 1.82) is 0 Å². The lowest BCUT2D eigenvalue weighted by Gasteiger charge is -2.16. The first-order valence-corrected chi connectivity index (χ1v) is 10.2. The number of aliphatic hydroxyl groups excluding tert-OH is 1. The third-order valence-electron chi connectivity index (χ3n) is 5.32. The van der Waals surface area contributed by atoms with Gasteiger partial charge in [0.15, 0.2) is 0 Å². The van der Waals surface area contributed by atoms with Crippen molar-refractivity contribution < 1.29 is 24.3 Å². The highest BCUT2D eigenvalue weighted by molar-refractivity contribution is 5.79. The van der Waals surface area contributed by atoms with Crippen LogP contribution < -0.4 is 10.1 Å². The molecule has 8 heteroatoms. The van der Waals surface area contributed by atoms with E-state index >= 15 is 0 Å². The predicted molar refractivity (Wildman–Crippen MR) is 118 cm³/mol. The smallest absolute Gasteiger partial charge is 0.407 e. The second-order valence-electron chi connectivity index (χ2n) is 7.42. The number of benzene rings is 3. The number of rotatable bonds is 8. The molecule has 0 spiro atoms. The van der Waals surface area contributed by atoms with Gasteiger partial charge in [-0.2, -0.15) is 0 Å². The zero-order valence-electron chi connectivity index (χ0n) is 17.1. The van der Waals surface area contributed by atoms with Crippen molar-refractivity contribution in [3.05, 3.63) is 94.0 Å². The summed E-state index contributed by atoms with van der Waals surface area (Å²) in [4.78, 5) is 22.3. The van der Waals surface area contributed by atoms with Crippen molar-refractivity contribution in [3.8, 4) is 16.9 Å². The maximum atomic E-state index is 12.2. The van der Waals surface area contributed by atoms with Crippen molar-refractivity contribution in [1.82, 2.24) is 5.32 Å². The third kappa shape index (κ3) is 4.70. The predicted octanol–water partition coefficient (Wildman–Crippen LogP) is 3.87. The standard InChI is InChI=1S/C24H22N2O6/c27-17(14-31-18-11-9-16(10-12-18)26(29)30)13-25-24(28)32-15-23-21-7-3-1-5-19(21)20-6-2-4-8-22(20)23/h1-12,17,23,27H,13-15H2,(H,25,28). The van der Waals surface area contributed by atoms with Gasteiger partial charge in [0.1, 0.15) is 25.1 Å². The molecule has 32 heavy (non-hydrogen) atoms. The summed E-state index contributed by atoms with van der Waals surface area (Å²) in [7, 11) is 0. The number of nitrogens with one attached hydrogen (secondary N) is 1. The first-order chi connectivity index (χ1) is 15.5. The van der Waals surface area contributed by atoms with Crippen LogP contribution in [0.3, 0.4) is 0 Å². The van der Waals surface area contributed by atoms with E-state index in [1.54, 1.807) is 0 Å². The quantitative estimate of drug-likeness (QED) is 0.411. The summed E-state index contributed by atoms with van der Waals surface area (Å²) >= 11 is 0. The van der Waals surface area contributed by atoms with Crippen LogP contribution in [0.4, 0.5) is 10.5 Å². The molecule has 1 aliphatic rings. The molecule has 1 aliphatic carbocycles. The third-order valence-corrected chi connectivity index (χ3v) is 5.32. The molecule has 2 N–H and O–H groups in total. The average Bonchev–Trinajstić information content (AvgIpc) is 3.14. The second-order valence-corrected chi connectivity index (χ2v) is 7.42. The number of carbonyl (C=O) groups is 1. The van der Waals surface area contributed by atoms with Crippen LogP contribution in [0.2, 0.25) is 0 Å². The molecule has 1 atom stereocenters. The van der Waals surface area contributed by atoms with Crippen LogP contribution in [-0.4, -0.2) is 42.0 Å². The summed E-state index contributed by atoms with van der Waals surface area (Å²) in [5.74, 6) is 0.347. The van der Waals surface area contributed by atoms with Gasteiger partial charge in [0.05, 0.1) is 11.5 Å². The number of carbonyl (C=O) groups excluding carboxylic acids is 1. The maximum absolute atomic E-state index is 12.2. The van der Waals surface area contributed by atoms with Gasteiger partial charge in [0, 0.05) is 18.1 Å². The van der Waals surface area contributed by atoms with Crippen LogP contribution in [0.5, 0.6) is 5.75 Å². The van der Waals surface area contributed by atoms with E-state index in [0.717, 1.165) is 22.3 Å². The summed E-state index contributed by atoms with van der Waals surface area (Å²) in [6.45, 7) is 0.0559. The van der Waals surface area contributed by atoms with Gasteiger partial charge in [-0.1, -0.05) is 48.5 Å². The van der Waals surface area contributed by atoms with Crippen LogP contribution in [0.15, 0.2) is 72.8 Å². The molecular formula is C24H22N2O6. The molecule has 1 amide bonds. The van der Waals surface area contributed by atoms with E-state index in [1.807, 2.05) is 36.4 Å². The highest BCUT2D eigenvalue weighted by Gasteiger charge is 2.29. The average molecular weight is 434 g/mol. The second kappa shape index (κ2) is 9.49. The monoisotopic (exact) mass is 434 g/mol. The molecule has 0 bridgehead atoms. The maximum Gasteiger partial charge on any atom is 0.407 e. The van der Waals surface area contributed by atoms with E-state index in [1.165, 1.54) is 24.3 Å². The van der Waals surface area contributed by atoms with E-state index in [9.17, 15) is 20.0 Å². The van der Waals surface area contributed by atoms with Crippen LogP contribution in [0.25, 0.3) is 11.1 Å². The van der Waals surface area contributed by atoms with E-state index in [-0.39, 0.29) is 31.4 Å². The Morgan fingerprint density at radius 3 is 2.19 bits per heavy atom. The first kappa shape index (κ1) is 21.3. The molecule has 0 saturated heterocycles. The molecule has 0 saturated carbocycles. The summed E-state index contributed by atoms with van der Waals surface area (Å²) in [5.41, 5.74) is 4.50. The normalized spacial score (nSPS) is 13.0. The highest BCUT2D eigenvalue weighted by Crippen LogP contribution is 2.44. The number of non-ortho nitro benzene ring substituents is 1. The fourth-order valence-electron chi connectivity index (χ4n) is 3.77. The molecule has 0 heterocycles. The fourth-order valence-corrected chi connectivity index (χ4v) is 3.77. The Balaban J connectivity index is 1.24. The number of hydrogen-bond donors (Lipinski definition) is 2. The van der Waals surface area contributed by atoms with Crippen LogP contribution in [0.1, 0.15) is 17.0 Å². The van der Waals surface area contributed by atoms with E-state index in [4.69, 9.17) is 9.47 Å². The molecule has 0 aliphatic heterocycles. The largest absolute Gasteiger partial charge is 0.491 e. The van der Waals surface area contributed by atoms with Crippen molar-refractivity contribution >= 4 is 11.8 Å². The number of amides is 1. The van der Waals surface area contributed by atoms with Gasteiger partial charge in [-0.3, -0.25) is 10.1 Å². The summed E-state index contributed by atoms with van der Waals surface area (Å²) in [6.07, 6.45) is -1.59. The Bertz CT molecular complexity index is 1070. The number of nitrogens with zero attached hydrogens (tertiary/aromatic N) is 1. The minimum atomic E-state index is -0.967. The molecule has 4 rings (SSSR count). The number of hydrogen-bond acceptors (Lipinski definition) is 6. The SMILES string of the molecule is O=C(NCC(O)COc1ccc([N+](=O)[O-])cc1)OCC1c2ccccc2-c2ccccc21. The Morgan fingerprint density at radius 2 is 1.59 bits per heavy atom. The van der Waals surface area contributed by atoms with Gasteiger partial charge >= 0.3 is 6.09 Å². The summed E-state index contributed by atoms with van der Waals surface area (Å²) in [6, 6.07) is 21.7. The van der Waals surface area contributed by atoms with Crippen molar-refractivity contribution in [2.45, 2.75) is 12.0 Å². The van der Waals surface area contributed by atoms with Crippen molar-refractivity contribution in [3.63, 3.8) is 0 Å². The lowest BCUT2D eigenvalue weighted by molar-refractivity contribution is -0.384. The molecule has 164 valence electrons. The molecule has 0 fully saturated rings. The fraction of sp³-hybridized carbons (Fsp3) is 0.208. The Morgan fingerprint density at radius 1 is 1.00 bits per heavy atom. The van der Waals surface area contributed by atoms with E-state index < -0.39 is 17.1 Å². The first-order valence-electron chi connectivity index (χ1n) is 10.2. The minimum absolute atomic E-state index is 0.0384. The zero-order chi connectivity index (χ0) is 22.5. The summed E-state index contributed by atoms with van der Waals surface area (Å²) < 4.78 is 10.8. The molecule has 0 aromatic heterocycles. The topological polar surface area (TPSA) is 111 Å². The van der Waals surface area contributed by atoms with Gasteiger partial charge in [0.2, 0.25) is 0 Å². The van der Waals surface area contributed by atoms with Gasteiger partial charge in [-0.05, 0) is 34.4 Å². The minimum Gasteiger partial charge on any atom is -0.491 e. The molecule has 1 unspecified atom stereocenters. The van der Waals surface area contributed by atoms with E-state index in [2.05, 4.69) is 17.4 Å².